The molecule has 3 heteroatoms. The Bertz CT molecular complexity index is 622. The maximum atomic E-state index is 10.6. The molecule has 0 aliphatic heterocycles. The monoisotopic (exact) mass is 268 g/mol. The molecule has 0 heterocycles. The Morgan fingerprint density at radius 3 is 2.00 bits per heavy atom. The van der Waals surface area contributed by atoms with E-state index in [-0.39, 0.29) is 0 Å². The molecule has 0 aliphatic carbocycles. The molecule has 0 bridgehead atoms. The summed E-state index contributed by atoms with van der Waals surface area (Å²) in [5.74, 6) is 0.560. The quantitative estimate of drug-likeness (QED) is 0.842. The zero-order valence-electron chi connectivity index (χ0n) is 11.5. The van der Waals surface area contributed by atoms with Crippen LogP contribution in [0, 0.1) is 6.92 Å². The van der Waals surface area contributed by atoms with Gasteiger partial charge >= 0.3 is 5.97 Å². The van der Waals surface area contributed by atoms with Gasteiger partial charge in [0.25, 0.3) is 0 Å². The van der Waals surface area contributed by atoms with Gasteiger partial charge in [-0.2, -0.15) is 0 Å². The van der Waals surface area contributed by atoms with E-state index in [2.05, 4.69) is 0 Å². The fourth-order valence-corrected chi connectivity index (χ4v) is 1.80. The van der Waals surface area contributed by atoms with Gasteiger partial charge in [0.2, 0.25) is 0 Å². The van der Waals surface area contributed by atoms with Crippen LogP contribution in [0.1, 0.15) is 18.1 Å². The average Bonchev–Trinajstić information content (AvgIpc) is 2.41. The maximum absolute atomic E-state index is 10.6. The number of hydrogen-bond donors (Lipinski definition) is 1. The van der Waals surface area contributed by atoms with E-state index in [4.69, 9.17) is 9.84 Å². The summed E-state index contributed by atoms with van der Waals surface area (Å²) in [6.07, 6.45) is 1.19. The molecule has 0 saturated carbocycles. The Balaban J connectivity index is 2.12. The largest absolute Gasteiger partial charge is 0.478 e. The summed E-state index contributed by atoms with van der Waals surface area (Å²) in [5.41, 5.74) is 2.75. The minimum atomic E-state index is -0.942. The molecule has 3 nitrogen and oxygen atoms in total. The van der Waals surface area contributed by atoms with Crippen LogP contribution in [0.25, 0.3) is 5.57 Å². The van der Waals surface area contributed by atoms with Gasteiger partial charge in [0, 0.05) is 6.08 Å². The van der Waals surface area contributed by atoms with Crippen molar-refractivity contribution in [3.63, 3.8) is 0 Å². The number of allylic oxidation sites excluding steroid dienone is 1. The smallest absolute Gasteiger partial charge is 0.328 e. The van der Waals surface area contributed by atoms with Gasteiger partial charge in [-0.3, -0.25) is 0 Å². The third-order valence-corrected chi connectivity index (χ3v) is 2.91. The Labute approximate surface area is 118 Å². The predicted molar refractivity (Wildman–Crippen MR) is 79.0 cm³/mol. The minimum Gasteiger partial charge on any atom is -0.478 e. The first-order valence-electron chi connectivity index (χ1n) is 6.31. The molecule has 0 spiro atoms. The van der Waals surface area contributed by atoms with Gasteiger partial charge < -0.3 is 9.84 Å². The van der Waals surface area contributed by atoms with Crippen LogP contribution in [-0.4, -0.2) is 11.1 Å². The zero-order chi connectivity index (χ0) is 14.5. The molecule has 0 fully saturated rings. The van der Waals surface area contributed by atoms with Crippen LogP contribution < -0.4 is 4.74 Å². The Morgan fingerprint density at radius 1 is 1.00 bits per heavy atom. The number of aliphatic carboxylic acids is 1. The van der Waals surface area contributed by atoms with Gasteiger partial charge in [0.15, 0.2) is 0 Å². The molecule has 1 N–H and O–H groups in total. The van der Waals surface area contributed by atoms with Gasteiger partial charge in [-0.25, -0.2) is 4.79 Å². The van der Waals surface area contributed by atoms with E-state index in [1.165, 1.54) is 11.6 Å². The molecule has 0 aromatic heterocycles. The van der Waals surface area contributed by atoms with Crippen LogP contribution in [0.5, 0.6) is 11.5 Å². The molecule has 0 unspecified atom stereocenters. The van der Waals surface area contributed by atoms with Gasteiger partial charge in [-0.05, 0) is 49.2 Å². The number of carboxylic acid groups (broad SMARTS) is 1. The number of aryl methyl sites for hydroxylation is 1. The molecular weight excluding hydrogens is 252 g/mol. The molecule has 102 valence electrons. The topological polar surface area (TPSA) is 46.5 Å². The summed E-state index contributed by atoms with van der Waals surface area (Å²) < 4.78 is 5.71. The summed E-state index contributed by atoms with van der Waals surface area (Å²) in [7, 11) is 0. The first-order chi connectivity index (χ1) is 9.54. The summed E-state index contributed by atoms with van der Waals surface area (Å²) >= 11 is 0. The highest BCUT2D eigenvalue weighted by Crippen LogP contribution is 2.23. The molecule has 2 aromatic rings. The van der Waals surface area contributed by atoms with Crippen molar-refractivity contribution in [3.8, 4) is 11.5 Å². The van der Waals surface area contributed by atoms with Crippen LogP contribution in [0.4, 0.5) is 0 Å². The lowest BCUT2D eigenvalue weighted by Crippen LogP contribution is -1.90. The predicted octanol–water partition coefficient (Wildman–Crippen LogP) is 4.28. The third kappa shape index (κ3) is 3.72. The number of ether oxygens (including phenoxy) is 1. The molecule has 0 atom stereocenters. The zero-order valence-corrected chi connectivity index (χ0v) is 11.5. The number of benzene rings is 2. The average molecular weight is 268 g/mol. The van der Waals surface area contributed by atoms with E-state index in [1.807, 2.05) is 55.5 Å². The second kappa shape index (κ2) is 6.06. The van der Waals surface area contributed by atoms with E-state index in [9.17, 15) is 4.79 Å². The number of carbonyl (C=O) groups is 1. The van der Waals surface area contributed by atoms with E-state index in [1.54, 1.807) is 6.92 Å². The van der Waals surface area contributed by atoms with E-state index in [0.717, 1.165) is 17.1 Å². The Kier molecular flexibility index (Phi) is 4.20. The highest BCUT2D eigenvalue weighted by atomic mass is 16.5. The standard InChI is InChI=1S/C17H16O3/c1-12-3-7-15(8-4-12)20-16-9-5-14(6-10-16)13(2)11-17(18)19/h3-11H,1-2H3,(H,18,19)/b13-11+. The van der Waals surface area contributed by atoms with Gasteiger partial charge in [0.1, 0.15) is 11.5 Å². The lowest BCUT2D eigenvalue weighted by molar-refractivity contribution is -0.131. The molecule has 2 aromatic carbocycles. The number of rotatable bonds is 4. The van der Waals surface area contributed by atoms with Crippen molar-refractivity contribution in [2.24, 2.45) is 0 Å². The van der Waals surface area contributed by atoms with Crippen molar-refractivity contribution in [3.05, 3.63) is 65.7 Å². The van der Waals surface area contributed by atoms with Crippen LogP contribution in [-0.2, 0) is 4.79 Å². The van der Waals surface area contributed by atoms with Crippen molar-refractivity contribution in [1.82, 2.24) is 0 Å². The minimum absolute atomic E-state index is 0.708. The molecule has 0 amide bonds. The summed E-state index contributed by atoms with van der Waals surface area (Å²) in [6.45, 7) is 3.79. The second-order valence-corrected chi connectivity index (χ2v) is 4.61. The van der Waals surface area contributed by atoms with Crippen molar-refractivity contribution >= 4 is 11.5 Å². The fraction of sp³-hybridized carbons (Fsp3) is 0.118. The summed E-state index contributed by atoms with van der Waals surface area (Å²) in [6, 6.07) is 15.2. The Hall–Kier alpha value is -2.55. The van der Waals surface area contributed by atoms with E-state index >= 15 is 0 Å². The van der Waals surface area contributed by atoms with Crippen LogP contribution >= 0.6 is 0 Å². The van der Waals surface area contributed by atoms with Crippen LogP contribution in [0.2, 0.25) is 0 Å². The van der Waals surface area contributed by atoms with Gasteiger partial charge in [-0.1, -0.05) is 29.8 Å². The summed E-state index contributed by atoms with van der Waals surface area (Å²) in [4.78, 5) is 10.6. The van der Waals surface area contributed by atoms with Gasteiger partial charge in [-0.15, -0.1) is 0 Å². The van der Waals surface area contributed by atoms with Crippen molar-refractivity contribution in [2.75, 3.05) is 0 Å². The second-order valence-electron chi connectivity index (χ2n) is 4.61. The Morgan fingerprint density at radius 2 is 1.50 bits per heavy atom. The van der Waals surface area contributed by atoms with E-state index in [0.29, 0.717) is 5.57 Å². The molecule has 0 radical (unpaired) electrons. The molecule has 20 heavy (non-hydrogen) atoms. The third-order valence-electron chi connectivity index (χ3n) is 2.91. The maximum Gasteiger partial charge on any atom is 0.328 e. The summed E-state index contributed by atoms with van der Waals surface area (Å²) in [5, 5.41) is 8.72. The molecular formula is C17H16O3. The molecule has 2 rings (SSSR count). The SMILES string of the molecule is C/C(=C\C(=O)O)c1ccc(Oc2ccc(C)cc2)cc1. The van der Waals surface area contributed by atoms with Crippen molar-refractivity contribution in [1.29, 1.82) is 0 Å². The van der Waals surface area contributed by atoms with Crippen LogP contribution in [0.15, 0.2) is 54.6 Å². The lowest BCUT2D eigenvalue weighted by atomic mass is 10.1. The highest BCUT2D eigenvalue weighted by molar-refractivity contribution is 5.89. The first kappa shape index (κ1) is 13.9. The van der Waals surface area contributed by atoms with Gasteiger partial charge in [0.05, 0.1) is 0 Å². The van der Waals surface area contributed by atoms with Crippen LogP contribution in [0.3, 0.4) is 0 Å². The van der Waals surface area contributed by atoms with Crippen molar-refractivity contribution < 1.29 is 14.6 Å². The lowest BCUT2D eigenvalue weighted by Gasteiger charge is -2.07. The normalized spacial score (nSPS) is 11.2. The highest BCUT2D eigenvalue weighted by Gasteiger charge is 2.01. The first-order valence-corrected chi connectivity index (χ1v) is 6.31. The molecule has 0 saturated heterocycles. The number of carboxylic acids is 1. The van der Waals surface area contributed by atoms with Crippen molar-refractivity contribution in [2.45, 2.75) is 13.8 Å². The fourth-order valence-electron chi connectivity index (χ4n) is 1.80. The van der Waals surface area contributed by atoms with E-state index < -0.39 is 5.97 Å². The number of hydrogen-bond acceptors (Lipinski definition) is 2. The molecule has 0 aliphatic rings.